The molecule has 0 atom stereocenters. The molecule has 1 aromatic heterocycles. The van der Waals surface area contributed by atoms with Gasteiger partial charge in [0.15, 0.2) is 0 Å². The Morgan fingerprint density at radius 1 is 1.16 bits per heavy atom. The summed E-state index contributed by atoms with van der Waals surface area (Å²) < 4.78 is 0. The van der Waals surface area contributed by atoms with Gasteiger partial charge in [0, 0.05) is 42.1 Å². The summed E-state index contributed by atoms with van der Waals surface area (Å²) in [5.41, 5.74) is 3.43. The number of halogens is 2. The lowest BCUT2D eigenvalue weighted by atomic mass is 10.1. The van der Waals surface area contributed by atoms with Crippen molar-refractivity contribution in [3.05, 3.63) is 58.9 Å². The Hall–Kier alpha value is -1.25. The summed E-state index contributed by atoms with van der Waals surface area (Å²) in [6.07, 6.45) is 3.63. The van der Waals surface area contributed by atoms with Crippen LogP contribution in [0.3, 0.4) is 0 Å². The van der Waals surface area contributed by atoms with E-state index in [1.807, 2.05) is 42.7 Å². The molecule has 0 spiro atoms. The van der Waals surface area contributed by atoms with Gasteiger partial charge in [-0.2, -0.15) is 0 Å². The van der Waals surface area contributed by atoms with E-state index in [4.69, 9.17) is 23.2 Å². The predicted molar refractivity (Wildman–Crippen MR) is 82.0 cm³/mol. The summed E-state index contributed by atoms with van der Waals surface area (Å²) >= 11 is 12.0. The van der Waals surface area contributed by atoms with Crippen LogP contribution in [0.4, 0.5) is 5.69 Å². The molecule has 0 aliphatic rings. The first kappa shape index (κ1) is 14.2. The van der Waals surface area contributed by atoms with E-state index in [0.29, 0.717) is 5.88 Å². The van der Waals surface area contributed by atoms with E-state index in [9.17, 15) is 0 Å². The number of anilines is 1. The summed E-state index contributed by atoms with van der Waals surface area (Å²) in [6.45, 7) is 3.88. The van der Waals surface area contributed by atoms with Gasteiger partial charge in [0.1, 0.15) is 0 Å². The topological polar surface area (TPSA) is 16.1 Å². The highest BCUT2D eigenvalue weighted by atomic mass is 35.5. The molecule has 4 heteroatoms. The maximum Gasteiger partial charge on any atom is 0.0495 e. The molecule has 0 bridgehead atoms. The molecule has 1 heterocycles. The molecule has 19 heavy (non-hydrogen) atoms. The van der Waals surface area contributed by atoms with Gasteiger partial charge in [0.05, 0.1) is 0 Å². The number of hydrogen-bond acceptors (Lipinski definition) is 2. The molecule has 2 aromatic rings. The third-order valence-corrected chi connectivity index (χ3v) is 3.55. The van der Waals surface area contributed by atoms with Crippen molar-refractivity contribution in [3.8, 4) is 0 Å². The molecule has 1 aromatic carbocycles. The van der Waals surface area contributed by atoms with E-state index < -0.39 is 0 Å². The van der Waals surface area contributed by atoms with Crippen LogP contribution in [-0.4, -0.2) is 11.5 Å². The molecule has 0 fully saturated rings. The first-order chi connectivity index (χ1) is 9.24. The molecule has 0 amide bonds. The van der Waals surface area contributed by atoms with Crippen LogP contribution in [0.2, 0.25) is 5.02 Å². The molecule has 0 saturated carbocycles. The molecular formula is C15H16Cl2N2. The number of pyridine rings is 1. The van der Waals surface area contributed by atoms with Crippen LogP contribution in [0.5, 0.6) is 0 Å². The summed E-state index contributed by atoms with van der Waals surface area (Å²) in [7, 11) is 0. The third kappa shape index (κ3) is 3.62. The lowest BCUT2D eigenvalue weighted by Gasteiger charge is -2.25. The zero-order valence-electron chi connectivity index (χ0n) is 10.8. The fourth-order valence-corrected chi connectivity index (χ4v) is 2.45. The molecular weight excluding hydrogens is 279 g/mol. The van der Waals surface area contributed by atoms with Crippen molar-refractivity contribution in [1.82, 2.24) is 4.98 Å². The van der Waals surface area contributed by atoms with Crippen LogP contribution in [-0.2, 0) is 12.4 Å². The van der Waals surface area contributed by atoms with E-state index >= 15 is 0 Å². The van der Waals surface area contributed by atoms with Gasteiger partial charge in [-0.15, -0.1) is 11.6 Å². The maximum absolute atomic E-state index is 6.02. The average Bonchev–Trinajstić information content (AvgIpc) is 2.46. The standard InChI is InChI=1S/C15H16Cl2N2/c1-2-19(11-12-5-7-18-8-6-12)15-4-3-14(17)9-13(15)10-16/h3-9H,2,10-11H2,1H3. The second kappa shape index (κ2) is 6.78. The number of hydrogen-bond donors (Lipinski definition) is 0. The van der Waals surface area contributed by atoms with E-state index in [1.165, 1.54) is 5.56 Å². The zero-order valence-corrected chi connectivity index (χ0v) is 12.3. The average molecular weight is 295 g/mol. The van der Waals surface area contributed by atoms with Crippen LogP contribution in [0.15, 0.2) is 42.7 Å². The number of rotatable bonds is 5. The van der Waals surface area contributed by atoms with Gasteiger partial charge in [-0.1, -0.05) is 11.6 Å². The van der Waals surface area contributed by atoms with Gasteiger partial charge >= 0.3 is 0 Å². The lowest BCUT2D eigenvalue weighted by molar-refractivity contribution is 0.825. The smallest absolute Gasteiger partial charge is 0.0495 e. The van der Waals surface area contributed by atoms with Crippen LogP contribution in [0, 0.1) is 0 Å². The SMILES string of the molecule is CCN(Cc1ccncc1)c1ccc(Cl)cc1CCl. The Morgan fingerprint density at radius 2 is 1.89 bits per heavy atom. The molecule has 100 valence electrons. The monoisotopic (exact) mass is 294 g/mol. The summed E-state index contributed by atoms with van der Waals surface area (Å²) in [5.74, 6) is 0.461. The molecule has 0 N–H and O–H groups in total. The highest BCUT2D eigenvalue weighted by molar-refractivity contribution is 6.30. The van der Waals surface area contributed by atoms with Crippen molar-refractivity contribution >= 4 is 28.9 Å². The Morgan fingerprint density at radius 3 is 2.53 bits per heavy atom. The number of nitrogens with zero attached hydrogens (tertiary/aromatic N) is 2. The second-order valence-electron chi connectivity index (χ2n) is 4.28. The summed E-state index contributed by atoms with van der Waals surface area (Å²) in [5, 5.41) is 0.722. The van der Waals surface area contributed by atoms with Crippen molar-refractivity contribution in [2.24, 2.45) is 0 Å². The second-order valence-corrected chi connectivity index (χ2v) is 4.98. The molecule has 0 saturated heterocycles. The third-order valence-electron chi connectivity index (χ3n) is 3.03. The minimum atomic E-state index is 0.461. The van der Waals surface area contributed by atoms with E-state index in [0.717, 1.165) is 29.4 Å². The lowest BCUT2D eigenvalue weighted by Crippen LogP contribution is -2.23. The van der Waals surface area contributed by atoms with Gasteiger partial charge in [-0.25, -0.2) is 0 Å². The number of aromatic nitrogens is 1. The quantitative estimate of drug-likeness (QED) is 0.755. The normalized spacial score (nSPS) is 10.5. The fraction of sp³-hybridized carbons (Fsp3) is 0.267. The number of alkyl halides is 1. The minimum absolute atomic E-state index is 0.461. The molecule has 2 nitrogen and oxygen atoms in total. The minimum Gasteiger partial charge on any atom is -0.367 e. The first-order valence-electron chi connectivity index (χ1n) is 6.22. The van der Waals surface area contributed by atoms with Crippen molar-refractivity contribution in [2.45, 2.75) is 19.3 Å². The van der Waals surface area contributed by atoms with E-state index in [-0.39, 0.29) is 0 Å². The first-order valence-corrected chi connectivity index (χ1v) is 7.14. The van der Waals surface area contributed by atoms with Crippen molar-refractivity contribution < 1.29 is 0 Å². The van der Waals surface area contributed by atoms with Gasteiger partial charge in [0.2, 0.25) is 0 Å². The Balaban J connectivity index is 2.27. The van der Waals surface area contributed by atoms with Gasteiger partial charge in [-0.3, -0.25) is 4.98 Å². The maximum atomic E-state index is 6.02. The molecule has 0 aliphatic heterocycles. The van der Waals surface area contributed by atoms with Crippen molar-refractivity contribution in [2.75, 3.05) is 11.4 Å². The van der Waals surface area contributed by atoms with Gasteiger partial charge < -0.3 is 4.90 Å². The van der Waals surface area contributed by atoms with E-state index in [1.54, 1.807) is 0 Å². The van der Waals surface area contributed by atoms with Crippen LogP contribution in [0.1, 0.15) is 18.1 Å². The van der Waals surface area contributed by atoms with Gasteiger partial charge in [0.25, 0.3) is 0 Å². The Kier molecular flexibility index (Phi) is 5.06. The van der Waals surface area contributed by atoms with Gasteiger partial charge in [-0.05, 0) is 48.4 Å². The highest BCUT2D eigenvalue weighted by Gasteiger charge is 2.10. The molecule has 2 rings (SSSR count). The molecule has 0 unspecified atom stereocenters. The van der Waals surface area contributed by atoms with Crippen LogP contribution >= 0.6 is 23.2 Å². The predicted octanol–water partition coefficient (Wildman–Crippen LogP) is 4.50. The molecule has 0 aliphatic carbocycles. The Labute approximate surface area is 124 Å². The van der Waals surface area contributed by atoms with E-state index in [2.05, 4.69) is 16.8 Å². The van der Waals surface area contributed by atoms with Crippen molar-refractivity contribution in [3.63, 3.8) is 0 Å². The highest BCUT2D eigenvalue weighted by Crippen LogP contribution is 2.27. The zero-order chi connectivity index (χ0) is 13.7. The summed E-state index contributed by atoms with van der Waals surface area (Å²) in [4.78, 5) is 6.32. The van der Waals surface area contributed by atoms with Crippen LogP contribution in [0.25, 0.3) is 0 Å². The number of benzene rings is 1. The fourth-order valence-electron chi connectivity index (χ4n) is 2.05. The Bertz CT molecular complexity index is 529. The summed E-state index contributed by atoms with van der Waals surface area (Å²) in [6, 6.07) is 9.92. The van der Waals surface area contributed by atoms with Crippen molar-refractivity contribution in [1.29, 1.82) is 0 Å². The largest absolute Gasteiger partial charge is 0.367 e. The van der Waals surface area contributed by atoms with Crippen LogP contribution < -0.4 is 4.90 Å². The molecule has 0 radical (unpaired) electrons.